The Morgan fingerprint density at radius 1 is 1.22 bits per heavy atom. The number of hydrogen-bond donors (Lipinski definition) is 1. The third-order valence-electron chi connectivity index (χ3n) is 3.80. The average molecular weight is 360 g/mol. The minimum Gasteiger partial charge on any atom is -0.394 e. The number of rotatable bonds is 2. The molecule has 1 N–H and O–H groups in total. The largest absolute Gasteiger partial charge is 0.394 e. The predicted octanol–water partition coefficient (Wildman–Crippen LogP) is 3.01. The first-order valence-corrected chi connectivity index (χ1v) is 7.53. The minimum absolute atomic E-state index is 0.0113. The van der Waals surface area contributed by atoms with Crippen molar-refractivity contribution in [2.24, 2.45) is 0 Å². The molecular weight excluding hydrogens is 343 g/mol. The highest BCUT2D eigenvalue weighted by atomic mass is 127. The molecule has 0 bridgehead atoms. The van der Waals surface area contributed by atoms with Crippen LogP contribution >= 0.6 is 22.6 Å². The Hall–Kier alpha value is -0.170. The molecule has 1 aromatic carbocycles. The van der Waals surface area contributed by atoms with Crippen LogP contribution in [-0.2, 0) is 9.47 Å². The molecule has 1 saturated heterocycles. The molecule has 1 aromatic rings. The molecule has 2 aliphatic rings. The van der Waals surface area contributed by atoms with Crippen molar-refractivity contribution in [3.63, 3.8) is 0 Å². The lowest BCUT2D eigenvalue weighted by Crippen LogP contribution is -2.27. The normalized spacial score (nSPS) is 30.1. The van der Waals surface area contributed by atoms with E-state index in [1.165, 1.54) is 0 Å². The number of benzene rings is 1. The van der Waals surface area contributed by atoms with Crippen molar-refractivity contribution in [1.29, 1.82) is 0 Å². The molecule has 1 saturated carbocycles. The van der Waals surface area contributed by atoms with E-state index in [9.17, 15) is 5.11 Å². The molecular formula is C14H17IO3. The summed E-state index contributed by atoms with van der Waals surface area (Å²) in [7, 11) is 0. The highest BCUT2D eigenvalue weighted by Gasteiger charge is 2.49. The molecule has 3 rings (SSSR count). The van der Waals surface area contributed by atoms with Crippen molar-refractivity contribution in [2.45, 2.75) is 43.7 Å². The molecule has 98 valence electrons. The summed E-state index contributed by atoms with van der Waals surface area (Å²) in [6.45, 7) is 0.0113. The third kappa shape index (κ3) is 2.19. The van der Waals surface area contributed by atoms with Gasteiger partial charge in [0, 0.05) is 16.4 Å². The number of aliphatic hydroxyl groups excluding tert-OH is 1. The van der Waals surface area contributed by atoms with Gasteiger partial charge in [0.25, 0.3) is 0 Å². The van der Waals surface area contributed by atoms with Gasteiger partial charge in [0.05, 0.1) is 6.61 Å². The lowest BCUT2D eigenvalue weighted by Gasteiger charge is -2.22. The van der Waals surface area contributed by atoms with E-state index in [4.69, 9.17) is 9.47 Å². The monoisotopic (exact) mass is 360 g/mol. The Morgan fingerprint density at radius 2 is 1.94 bits per heavy atom. The van der Waals surface area contributed by atoms with Gasteiger partial charge in [-0.3, -0.25) is 0 Å². The van der Waals surface area contributed by atoms with Gasteiger partial charge in [-0.05, 0) is 47.1 Å². The van der Waals surface area contributed by atoms with Gasteiger partial charge in [-0.25, -0.2) is 0 Å². The zero-order valence-electron chi connectivity index (χ0n) is 10.1. The standard InChI is InChI=1S/C14H17IO3/c15-11-6-2-1-5-10(11)13-12(9-16)17-14(18-13)7-3-4-8-14/h1-2,5-6,12-13,16H,3-4,7-9H2/t12-,13-/m0/s1. The van der Waals surface area contributed by atoms with Crippen molar-refractivity contribution in [3.8, 4) is 0 Å². The van der Waals surface area contributed by atoms with Crippen molar-refractivity contribution >= 4 is 22.6 Å². The van der Waals surface area contributed by atoms with Crippen LogP contribution in [0.2, 0.25) is 0 Å². The van der Waals surface area contributed by atoms with E-state index in [2.05, 4.69) is 34.7 Å². The van der Waals surface area contributed by atoms with Crippen LogP contribution in [0.5, 0.6) is 0 Å². The SMILES string of the molecule is OC[C@@H]1OC2(CCCC2)O[C@H]1c1ccccc1I. The van der Waals surface area contributed by atoms with Gasteiger partial charge in [0.1, 0.15) is 12.2 Å². The Kier molecular flexibility index (Phi) is 3.62. The molecule has 0 unspecified atom stereocenters. The third-order valence-corrected chi connectivity index (χ3v) is 4.79. The second kappa shape index (κ2) is 5.07. The van der Waals surface area contributed by atoms with Crippen LogP contribution in [0.4, 0.5) is 0 Å². The maximum atomic E-state index is 9.52. The second-order valence-corrected chi connectivity index (χ2v) is 6.18. The molecule has 18 heavy (non-hydrogen) atoms. The Labute approximate surface area is 121 Å². The van der Waals surface area contributed by atoms with Gasteiger partial charge in [0.15, 0.2) is 5.79 Å². The van der Waals surface area contributed by atoms with E-state index in [0.29, 0.717) is 0 Å². The zero-order valence-corrected chi connectivity index (χ0v) is 12.3. The summed E-state index contributed by atoms with van der Waals surface area (Å²) >= 11 is 2.31. The van der Waals surface area contributed by atoms with Gasteiger partial charge >= 0.3 is 0 Å². The number of ether oxygens (including phenoxy) is 2. The molecule has 1 aliphatic carbocycles. The van der Waals surface area contributed by atoms with Crippen molar-refractivity contribution in [3.05, 3.63) is 33.4 Å². The summed E-state index contributed by atoms with van der Waals surface area (Å²) in [5.74, 6) is -0.434. The lowest BCUT2D eigenvalue weighted by molar-refractivity contribution is -0.172. The fourth-order valence-electron chi connectivity index (χ4n) is 2.92. The first-order valence-electron chi connectivity index (χ1n) is 6.45. The number of hydrogen-bond acceptors (Lipinski definition) is 3. The Morgan fingerprint density at radius 3 is 2.61 bits per heavy atom. The maximum absolute atomic E-state index is 9.52. The summed E-state index contributed by atoms with van der Waals surface area (Å²) in [5.41, 5.74) is 1.13. The van der Waals surface area contributed by atoms with Crippen molar-refractivity contribution in [2.75, 3.05) is 6.61 Å². The molecule has 0 radical (unpaired) electrons. The summed E-state index contributed by atoms with van der Waals surface area (Å²) in [4.78, 5) is 0. The summed E-state index contributed by atoms with van der Waals surface area (Å²) in [6.07, 6.45) is 3.82. The van der Waals surface area contributed by atoms with Crippen LogP contribution in [0, 0.1) is 3.57 Å². The van der Waals surface area contributed by atoms with Gasteiger partial charge in [-0.2, -0.15) is 0 Å². The van der Waals surface area contributed by atoms with E-state index >= 15 is 0 Å². The van der Waals surface area contributed by atoms with Gasteiger partial charge < -0.3 is 14.6 Å². The number of halogens is 1. The highest BCUT2D eigenvalue weighted by Crippen LogP contribution is 2.47. The fourth-order valence-corrected chi connectivity index (χ4v) is 3.62. The van der Waals surface area contributed by atoms with Crippen LogP contribution < -0.4 is 0 Å². The first-order chi connectivity index (χ1) is 8.74. The smallest absolute Gasteiger partial charge is 0.169 e. The van der Waals surface area contributed by atoms with E-state index in [-0.39, 0.29) is 18.8 Å². The molecule has 3 nitrogen and oxygen atoms in total. The number of aliphatic hydroxyl groups is 1. The topological polar surface area (TPSA) is 38.7 Å². The van der Waals surface area contributed by atoms with Crippen molar-refractivity contribution < 1.29 is 14.6 Å². The summed E-state index contributed by atoms with van der Waals surface area (Å²) in [5, 5.41) is 9.52. The van der Waals surface area contributed by atoms with Crippen LogP contribution in [0.3, 0.4) is 0 Å². The quantitative estimate of drug-likeness (QED) is 0.825. The fraction of sp³-hybridized carbons (Fsp3) is 0.571. The van der Waals surface area contributed by atoms with E-state index in [1.807, 2.05) is 12.1 Å². The molecule has 1 aliphatic heterocycles. The molecule has 4 heteroatoms. The Bertz CT molecular complexity index is 429. The van der Waals surface area contributed by atoms with Gasteiger partial charge in [0.2, 0.25) is 0 Å². The Balaban J connectivity index is 1.89. The van der Waals surface area contributed by atoms with E-state index in [1.54, 1.807) is 0 Å². The van der Waals surface area contributed by atoms with Crippen LogP contribution in [0.1, 0.15) is 37.4 Å². The van der Waals surface area contributed by atoms with Gasteiger partial charge in [-0.1, -0.05) is 18.2 Å². The van der Waals surface area contributed by atoms with E-state index in [0.717, 1.165) is 34.8 Å². The van der Waals surface area contributed by atoms with Gasteiger partial charge in [-0.15, -0.1) is 0 Å². The average Bonchev–Trinajstić information content (AvgIpc) is 2.98. The van der Waals surface area contributed by atoms with Crippen molar-refractivity contribution in [1.82, 2.24) is 0 Å². The molecule has 2 fully saturated rings. The predicted molar refractivity (Wildman–Crippen MR) is 76.1 cm³/mol. The second-order valence-electron chi connectivity index (χ2n) is 5.02. The molecule has 2 atom stereocenters. The molecule has 0 amide bonds. The maximum Gasteiger partial charge on any atom is 0.169 e. The summed E-state index contributed by atoms with van der Waals surface area (Å²) in [6, 6.07) is 8.15. The highest BCUT2D eigenvalue weighted by molar-refractivity contribution is 14.1. The lowest BCUT2D eigenvalue weighted by atomic mass is 10.1. The first kappa shape index (κ1) is 12.8. The van der Waals surface area contributed by atoms with E-state index < -0.39 is 5.79 Å². The van der Waals surface area contributed by atoms with Crippen LogP contribution in [0.15, 0.2) is 24.3 Å². The molecule has 1 heterocycles. The zero-order chi connectivity index (χ0) is 12.6. The molecule has 0 aromatic heterocycles. The summed E-state index contributed by atoms with van der Waals surface area (Å²) < 4.78 is 13.4. The van der Waals surface area contributed by atoms with Crippen LogP contribution in [0.25, 0.3) is 0 Å². The minimum atomic E-state index is -0.434. The van der Waals surface area contributed by atoms with Crippen LogP contribution in [-0.4, -0.2) is 23.6 Å². The molecule has 1 spiro atoms.